The number of rotatable bonds is 4. The Morgan fingerprint density at radius 1 is 1.32 bits per heavy atom. The second-order valence-corrected chi connectivity index (χ2v) is 4.92. The fraction of sp³-hybridized carbons (Fsp3) is 0.400. The number of nitrogens with one attached hydrogen (secondary N) is 2. The maximum absolute atomic E-state index is 13.0. The molecule has 0 radical (unpaired) electrons. The van der Waals surface area contributed by atoms with Crippen LogP contribution in [0.5, 0.6) is 0 Å². The number of hydrogen-bond donors (Lipinski definition) is 2. The molecule has 1 saturated carbocycles. The topological polar surface area (TPSA) is 41.1 Å². The van der Waals surface area contributed by atoms with Crippen molar-refractivity contribution in [2.75, 3.05) is 6.54 Å². The van der Waals surface area contributed by atoms with Gasteiger partial charge in [-0.15, -0.1) is 6.58 Å². The van der Waals surface area contributed by atoms with Crippen LogP contribution in [0.1, 0.15) is 31.2 Å². The van der Waals surface area contributed by atoms with Crippen LogP contribution in [0, 0.1) is 5.82 Å². The Morgan fingerprint density at radius 3 is 2.53 bits per heavy atom. The van der Waals surface area contributed by atoms with E-state index in [1.54, 1.807) is 18.2 Å². The van der Waals surface area contributed by atoms with Crippen LogP contribution in [0.15, 0.2) is 36.9 Å². The van der Waals surface area contributed by atoms with E-state index in [0.29, 0.717) is 6.54 Å². The van der Waals surface area contributed by atoms with Crippen molar-refractivity contribution in [2.24, 2.45) is 0 Å². The minimum absolute atomic E-state index is 0.203. The number of hydrogen-bond acceptors (Lipinski definition) is 1. The third-order valence-corrected chi connectivity index (χ3v) is 3.61. The summed E-state index contributed by atoms with van der Waals surface area (Å²) in [7, 11) is 0. The van der Waals surface area contributed by atoms with E-state index in [1.165, 1.54) is 12.1 Å². The van der Waals surface area contributed by atoms with Gasteiger partial charge in [-0.2, -0.15) is 0 Å². The molecular formula is C15H19FN2O. The van der Waals surface area contributed by atoms with Crippen LogP contribution >= 0.6 is 0 Å². The van der Waals surface area contributed by atoms with E-state index in [4.69, 9.17) is 0 Å². The summed E-state index contributed by atoms with van der Waals surface area (Å²) in [6.45, 7) is 4.00. The fourth-order valence-corrected chi connectivity index (χ4v) is 2.66. The van der Waals surface area contributed by atoms with Crippen LogP contribution in [0.3, 0.4) is 0 Å². The van der Waals surface area contributed by atoms with Crippen molar-refractivity contribution in [3.8, 4) is 0 Å². The van der Waals surface area contributed by atoms with Crippen molar-refractivity contribution in [1.29, 1.82) is 0 Å². The maximum Gasteiger partial charge on any atom is 0.315 e. The van der Waals surface area contributed by atoms with Gasteiger partial charge in [-0.25, -0.2) is 9.18 Å². The summed E-state index contributed by atoms with van der Waals surface area (Å²) in [5, 5.41) is 5.77. The lowest BCUT2D eigenvalue weighted by Gasteiger charge is -2.31. The molecule has 1 fully saturated rings. The molecule has 0 saturated heterocycles. The third kappa shape index (κ3) is 3.13. The lowest BCUT2D eigenvalue weighted by Crippen LogP contribution is -2.48. The van der Waals surface area contributed by atoms with Crippen LogP contribution in [0.2, 0.25) is 0 Å². The van der Waals surface area contributed by atoms with Gasteiger partial charge >= 0.3 is 6.03 Å². The average molecular weight is 262 g/mol. The number of carbonyl (C=O) groups excluding carboxylic acids is 1. The highest BCUT2D eigenvalue weighted by Crippen LogP contribution is 2.38. The largest absolute Gasteiger partial charge is 0.335 e. The molecule has 0 heterocycles. The number of benzene rings is 1. The predicted octanol–water partition coefficient (Wildman–Crippen LogP) is 3.08. The first-order valence-corrected chi connectivity index (χ1v) is 6.59. The molecule has 4 heteroatoms. The molecule has 1 aliphatic carbocycles. The Hall–Kier alpha value is -1.84. The van der Waals surface area contributed by atoms with Crippen LogP contribution in [0.4, 0.5) is 9.18 Å². The number of carbonyl (C=O) groups is 1. The normalized spacial score (nSPS) is 16.9. The molecule has 0 aromatic heterocycles. The summed E-state index contributed by atoms with van der Waals surface area (Å²) < 4.78 is 13.0. The van der Waals surface area contributed by atoms with Crippen LogP contribution in [-0.2, 0) is 5.54 Å². The number of urea groups is 1. The molecule has 1 aromatic carbocycles. The summed E-state index contributed by atoms with van der Waals surface area (Å²) in [5.41, 5.74) is 0.610. The quantitative estimate of drug-likeness (QED) is 0.804. The zero-order chi connectivity index (χ0) is 13.7. The molecule has 1 aliphatic rings. The molecule has 102 valence electrons. The van der Waals surface area contributed by atoms with Crippen LogP contribution in [-0.4, -0.2) is 12.6 Å². The van der Waals surface area contributed by atoms with Gasteiger partial charge < -0.3 is 10.6 Å². The smallest absolute Gasteiger partial charge is 0.315 e. The SMILES string of the molecule is C=CCNC(=O)NC1(c2ccc(F)cc2)CCCC1. The van der Waals surface area contributed by atoms with Gasteiger partial charge in [-0.3, -0.25) is 0 Å². The van der Waals surface area contributed by atoms with Gasteiger partial charge in [0.05, 0.1) is 5.54 Å². The molecule has 2 amide bonds. The molecule has 0 unspecified atom stereocenters. The monoisotopic (exact) mass is 262 g/mol. The van der Waals surface area contributed by atoms with Crippen molar-refractivity contribution >= 4 is 6.03 Å². The Morgan fingerprint density at radius 2 is 1.95 bits per heavy atom. The Kier molecular flexibility index (Phi) is 4.20. The second kappa shape index (κ2) is 5.87. The van der Waals surface area contributed by atoms with E-state index in [0.717, 1.165) is 31.2 Å². The molecular weight excluding hydrogens is 243 g/mol. The van der Waals surface area contributed by atoms with Crippen molar-refractivity contribution < 1.29 is 9.18 Å². The summed E-state index contributed by atoms with van der Waals surface area (Å²) in [6, 6.07) is 6.20. The first kappa shape index (κ1) is 13.6. The van der Waals surface area contributed by atoms with Gasteiger partial charge in [-0.1, -0.05) is 31.1 Å². The second-order valence-electron chi connectivity index (χ2n) is 4.92. The number of halogens is 1. The molecule has 0 bridgehead atoms. The van der Waals surface area contributed by atoms with Crippen molar-refractivity contribution in [3.63, 3.8) is 0 Å². The van der Waals surface area contributed by atoms with E-state index in [1.807, 2.05) is 0 Å². The average Bonchev–Trinajstić information content (AvgIpc) is 2.86. The molecule has 3 nitrogen and oxygen atoms in total. The zero-order valence-electron chi connectivity index (χ0n) is 10.9. The minimum Gasteiger partial charge on any atom is -0.335 e. The van der Waals surface area contributed by atoms with Crippen molar-refractivity contribution in [3.05, 3.63) is 48.3 Å². The van der Waals surface area contributed by atoms with Gasteiger partial charge in [0.2, 0.25) is 0 Å². The molecule has 2 N–H and O–H groups in total. The standard InChI is InChI=1S/C15H19FN2O/c1-2-11-17-14(19)18-15(9-3-4-10-15)12-5-7-13(16)8-6-12/h2,5-8H,1,3-4,9-11H2,(H2,17,18,19). The van der Waals surface area contributed by atoms with E-state index in [2.05, 4.69) is 17.2 Å². The molecule has 0 atom stereocenters. The predicted molar refractivity (Wildman–Crippen MR) is 73.3 cm³/mol. The van der Waals surface area contributed by atoms with Gasteiger partial charge in [0.15, 0.2) is 0 Å². The van der Waals surface area contributed by atoms with Crippen molar-refractivity contribution in [1.82, 2.24) is 10.6 Å². The van der Waals surface area contributed by atoms with Gasteiger partial charge in [0.1, 0.15) is 5.82 Å². The number of amides is 2. The molecule has 0 spiro atoms. The lowest BCUT2D eigenvalue weighted by atomic mass is 9.88. The Balaban J connectivity index is 2.15. The lowest BCUT2D eigenvalue weighted by molar-refractivity contribution is 0.225. The van der Waals surface area contributed by atoms with Gasteiger partial charge in [-0.05, 0) is 30.5 Å². The summed E-state index contributed by atoms with van der Waals surface area (Å²) in [4.78, 5) is 11.9. The summed E-state index contributed by atoms with van der Waals surface area (Å²) >= 11 is 0. The highest BCUT2D eigenvalue weighted by molar-refractivity contribution is 5.75. The first-order chi connectivity index (χ1) is 9.16. The third-order valence-electron chi connectivity index (χ3n) is 3.61. The first-order valence-electron chi connectivity index (χ1n) is 6.59. The van der Waals surface area contributed by atoms with Crippen LogP contribution < -0.4 is 10.6 Å². The zero-order valence-corrected chi connectivity index (χ0v) is 10.9. The van der Waals surface area contributed by atoms with Gasteiger partial charge in [0.25, 0.3) is 0 Å². The molecule has 1 aromatic rings. The molecule has 19 heavy (non-hydrogen) atoms. The highest BCUT2D eigenvalue weighted by atomic mass is 19.1. The summed E-state index contributed by atoms with van der Waals surface area (Å²) in [6.07, 6.45) is 5.55. The minimum atomic E-state index is -0.362. The van der Waals surface area contributed by atoms with E-state index < -0.39 is 0 Å². The molecule has 0 aliphatic heterocycles. The Labute approximate surface area is 112 Å². The molecule has 2 rings (SSSR count). The van der Waals surface area contributed by atoms with E-state index >= 15 is 0 Å². The van der Waals surface area contributed by atoms with Crippen LogP contribution in [0.25, 0.3) is 0 Å². The summed E-state index contributed by atoms with van der Waals surface area (Å²) in [5.74, 6) is -0.256. The van der Waals surface area contributed by atoms with E-state index in [-0.39, 0.29) is 17.4 Å². The van der Waals surface area contributed by atoms with Crippen molar-refractivity contribution in [2.45, 2.75) is 31.2 Å². The maximum atomic E-state index is 13.0. The van der Waals surface area contributed by atoms with Gasteiger partial charge in [0, 0.05) is 6.54 Å². The highest BCUT2D eigenvalue weighted by Gasteiger charge is 2.36. The fourth-order valence-electron chi connectivity index (χ4n) is 2.66. The Bertz CT molecular complexity index is 450. The van der Waals surface area contributed by atoms with E-state index in [9.17, 15) is 9.18 Å².